The average Bonchev–Trinajstić information content (AvgIpc) is 3.49. The summed E-state index contributed by atoms with van der Waals surface area (Å²) in [5.74, 6) is -2.01. The molecule has 1 spiro atoms. The summed E-state index contributed by atoms with van der Waals surface area (Å²) in [5, 5.41) is 20.9. The summed E-state index contributed by atoms with van der Waals surface area (Å²) >= 11 is 0. The van der Waals surface area contributed by atoms with Gasteiger partial charge >= 0.3 is 12.4 Å². The Balaban J connectivity index is 1.12. The number of benzene rings is 1. The van der Waals surface area contributed by atoms with Gasteiger partial charge < -0.3 is 14.3 Å². The van der Waals surface area contributed by atoms with E-state index in [0.717, 1.165) is 27.4 Å². The number of nitrogens with zero attached hydrogens (tertiary/aromatic N) is 9. The standard InChI is InChI=1S/C31H27F6N9O3/c1-18(46-9-6-23(41-46)30(32,33)34)25-40-24(42-49-25)22-14-43(15-28(22)16-44(17-28)27(48)29(7-8-29)31(35,36)37)26(47)21-11-39-45(13-21)12-20-4-2-19(10-38)3-5-20/h2-6,9,11,13,18,22H,7-8,12,14-17H2,1H3. The molecule has 256 valence electrons. The molecule has 0 radical (unpaired) electrons. The Morgan fingerprint density at radius 3 is 2.37 bits per heavy atom. The second-order valence-electron chi connectivity index (χ2n) is 12.9. The predicted molar refractivity (Wildman–Crippen MR) is 153 cm³/mol. The summed E-state index contributed by atoms with van der Waals surface area (Å²) in [6.45, 7) is 1.80. The summed E-state index contributed by atoms with van der Waals surface area (Å²) in [6, 6.07) is 8.83. The van der Waals surface area contributed by atoms with Gasteiger partial charge in [0, 0.05) is 44.0 Å². The molecule has 7 rings (SSSR count). The minimum Gasteiger partial charge on any atom is -0.340 e. The summed E-state index contributed by atoms with van der Waals surface area (Å²) in [7, 11) is 0. The minimum absolute atomic E-state index is 0.0411. The van der Waals surface area contributed by atoms with Crippen molar-refractivity contribution in [2.45, 2.75) is 50.6 Å². The highest BCUT2D eigenvalue weighted by molar-refractivity contribution is 5.94. The van der Waals surface area contributed by atoms with E-state index in [-0.39, 0.29) is 56.3 Å². The van der Waals surface area contributed by atoms with Crippen molar-refractivity contribution in [3.05, 3.63) is 83.0 Å². The van der Waals surface area contributed by atoms with Crippen LogP contribution in [0.4, 0.5) is 26.3 Å². The molecule has 2 aliphatic heterocycles. The molecule has 18 heteroatoms. The number of hydrogen-bond acceptors (Lipinski definition) is 8. The van der Waals surface area contributed by atoms with E-state index in [2.05, 4.69) is 20.3 Å². The lowest BCUT2D eigenvalue weighted by atomic mass is 9.70. The van der Waals surface area contributed by atoms with Crippen LogP contribution in [0.25, 0.3) is 0 Å². The normalized spacial score (nSPS) is 20.2. The Bertz CT molecular complexity index is 1950. The van der Waals surface area contributed by atoms with Gasteiger partial charge in [-0.2, -0.15) is 46.8 Å². The van der Waals surface area contributed by atoms with Gasteiger partial charge in [-0.05, 0) is 43.5 Å². The third-order valence-electron chi connectivity index (χ3n) is 9.67. The van der Waals surface area contributed by atoms with Gasteiger partial charge in [0.1, 0.15) is 11.5 Å². The number of likely N-dealkylation sites (tertiary alicyclic amines) is 2. The molecule has 3 aromatic heterocycles. The fraction of sp³-hybridized carbons (Fsp3) is 0.452. The lowest BCUT2D eigenvalue weighted by molar-refractivity contribution is -0.204. The molecule has 49 heavy (non-hydrogen) atoms. The van der Waals surface area contributed by atoms with Crippen LogP contribution in [0.5, 0.6) is 0 Å². The highest BCUT2D eigenvalue weighted by Gasteiger charge is 2.71. The molecule has 3 aliphatic rings. The molecule has 0 N–H and O–H groups in total. The van der Waals surface area contributed by atoms with Crippen molar-refractivity contribution in [3.8, 4) is 6.07 Å². The van der Waals surface area contributed by atoms with Crippen LogP contribution in [0, 0.1) is 22.2 Å². The summed E-state index contributed by atoms with van der Waals surface area (Å²) < 4.78 is 88.7. The zero-order chi connectivity index (χ0) is 34.9. The van der Waals surface area contributed by atoms with E-state index in [1.165, 1.54) is 18.0 Å². The SMILES string of the molecule is CC(c1nc(C2CN(C(=O)c3cnn(Cc4ccc(C#N)cc4)c3)CC23CN(C(=O)C2(C(F)(F)F)CC2)C3)no1)n1ccc(C(F)(F)F)n1. The van der Waals surface area contributed by atoms with E-state index in [4.69, 9.17) is 9.78 Å². The van der Waals surface area contributed by atoms with Crippen LogP contribution in [-0.4, -0.2) is 83.7 Å². The number of nitriles is 1. The van der Waals surface area contributed by atoms with Crippen molar-refractivity contribution in [2.24, 2.45) is 10.8 Å². The molecule has 5 heterocycles. The predicted octanol–water partition coefficient (Wildman–Crippen LogP) is 4.42. The van der Waals surface area contributed by atoms with Crippen molar-refractivity contribution >= 4 is 11.8 Å². The van der Waals surface area contributed by atoms with E-state index in [1.807, 2.05) is 6.07 Å². The third-order valence-corrected chi connectivity index (χ3v) is 9.67. The van der Waals surface area contributed by atoms with Gasteiger partial charge in [-0.15, -0.1) is 0 Å². The first-order valence-corrected chi connectivity index (χ1v) is 15.3. The van der Waals surface area contributed by atoms with Gasteiger partial charge in [-0.3, -0.25) is 19.0 Å². The van der Waals surface area contributed by atoms with Gasteiger partial charge in [-0.25, -0.2) is 0 Å². The topological polar surface area (TPSA) is 139 Å². The molecule has 4 aromatic rings. The first kappa shape index (κ1) is 32.3. The number of aromatic nitrogens is 6. The lowest BCUT2D eigenvalue weighted by Crippen LogP contribution is -2.64. The van der Waals surface area contributed by atoms with Crippen LogP contribution in [0.1, 0.15) is 70.6 Å². The van der Waals surface area contributed by atoms with E-state index in [9.17, 15) is 35.9 Å². The molecule has 2 unspecified atom stereocenters. The lowest BCUT2D eigenvalue weighted by Gasteiger charge is -2.51. The maximum Gasteiger partial charge on any atom is 0.435 e. The first-order valence-electron chi connectivity index (χ1n) is 15.3. The molecule has 1 aromatic carbocycles. The first-order chi connectivity index (χ1) is 23.1. The Morgan fingerprint density at radius 1 is 1.06 bits per heavy atom. The second kappa shape index (κ2) is 11.2. The molecule has 3 fully saturated rings. The summed E-state index contributed by atoms with van der Waals surface area (Å²) in [4.78, 5) is 33.9. The number of carbonyl (C=O) groups is 2. The van der Waals surface area contributed by atoms with E-state index >= 15 is 0 Å². The molecular formula is C31H27F6N9O3. The van der Waals surface area contributed by atoms with Gasteiger partial charge in [0.2, 0.25) is 5.91 Å². The Labute approximate surface area is 273 Å². The Kier molecular flexibility index (Phi) is 7.37. The maximum atomic E-state index is 13.8. The average molecular weight is 688 g/mol. The second-order valence-corrected chi connectivity index (χ2v) is 12.9. The zero-order valence-electron chi connectivity index (χ0n) is 25.7. The van der Waals surface area contributed by atoms with Crippen molar-refractivity contribution in [1.29, 1.82) is 5.26 Å². The molecule has 2 saturated heterocycles. The smallest absolute Gasteiger partial charge is 0.340 e. The molecule has 12 nitrogen and oxygen atoms in total. The Hall–Kier alpha value is -5.21. The fourth-order valence-corrected chi connectivity index (χ4v) is 6.69. The van der Waals surface area contributed by atoms with Crippen molar-refractivity contribution in [1.82, 2.24) is 39.5 Å². The van der Waals surface area contributed by atoms with E-state index in [1.54, 1.807) is 35.1 Å². The number of amides is 2. The quantitative estimate of drug-likeness (QED) is 0.261. The number of carbonyl (C=O) groups excluding carboxylic acids is 2. The van der Waals surface area contributed by atoms with Crippen molar-refractivity contribution < 1.29 is 40.5 Å². The molecule has 1 saturated carbocycles. The van der Waals surface area contributed by atoms with Crippen LogP contribution < -0.4 is 0 Å². The Morgan fingerprint density at radius 2 is 1.76 bits per heavy atom. The number of hydrogen-bond donors (Lipinski definition) is 0. The van der Waals surface area contributed by atoms with Crippen LogP contribution in [0.15, 0.2) is 53.4 Å². The number of rotatable bonds is 7. The van der Waals surface area contributed by atoms with E-state index in [0.29, 0.717) is 12.1 Å². The van der Waals surface area contributed by atoms with Gasteiger partial charge in [-0.1, -0.05) is 17.3 Å². The third kappa shape index (κ3) is 5.60. The number of alkyl halides is 6. The largest absolute Gasteiger partial charge is 0.435 e. The van der Waals surface area contributed by atoms with E-state index < -0.39 is 52.7 Å². The molecule has 1 aliphatic carbocycles. The highest BCUT2D eigenvalue weighted by Crippen LogP contribution is 2.60. The van der Waals surface area contributed by atoms with Gasteiger partial charge in [0.15, 0.2) is 11.5 Å². The summed E-state index contributed by atoms with van der Waals surface area (Å²) in [6.07, 6.45) is -5.82. The van der Waals surface area contributed by atoms with Crippen LogP contribution in [0.3, 0.4) is 0 Å². The van der Waals surface area contributed by atoms with Crippen molar-refractivity contribution in [2.75, 3.05) is 26.2 Å². The van der Waals surface area contributed by atoms with Crippen molar-refractivity contribution in [3.63, 3.8) is 0 Å². The minimum atomic E-state index is -4.68. The zero-order valence-corrected chi connectivity index (χ0v) is 25.7. The van der Waals surface area contributed by atoms with Crippen LogP contribution in [0.2, 0.25) is 0 Å². The number of halogens is 6. The van der Waals surface area contributed by atoms with Crippen LogP contribution >= 0.6 is 0 Å². The molecule has 0 bridgehead atoms. The fourth-order valence-electron chi connectivity index (χ4n) is 6.69. The van der Waals surface area contributed by atoms with Gasteiger partial charge in [0.25, 0.3) is 11.8 Å². The molecule has 2 atom stereocenters. The molecular weight excluding hydrogens is 660 g/mol. The van der Waals surface area contributed by atoms with Crippen LogP contribution in [-0.2, 0) is 17.5 Å². The molecule has 2 amide bonds. The maximum absolute atomic E-state index is 13.8. The van der Waals surface area contributed by atoms with Gasteiger partial charge in [0.05, 0.1) is 35.9 Å². The summed E-state index contributed by atoms with van der Waals surface area (Å²) in [5.41, 5.74) is -2.79. The highest BCUT2D eigenvalue weighted by atomic mass is 19.4. The monoisotopic (exact) mass is 687 g/mol.